The summed E-state index contributed by atoms with van der Waals surface area (Å²) in [6.07, 6.45) is 0.344. The van der Waals surface area contributed by atoms with Crippen LogP contribution in [0.25, 0.3) is 0 Å². The molecule has 0 aliphatic carbocycles. The van der Waals surface area contributed by atoms with Gasteiger partial charge >= 0.3 is 0 Å². The molecule has 15 heavy (non-hydrogen) atoms. The third-order valence-electron chi connectivity index (χ3n) is 2.75. The second kappa shape index (κ2) is 4.03. The van der Waals surface area contributed by atoms with Crippen molar-refractivity contribution in [3.8, 4) is 0 Å². The maximum absolute atomic E-state index is 11.9. The Kier molecular flexibility index (Phi) is 2.73. The second-order valence-corrected chi connectivity index (χ2v) is 4.06. The first-order chi connectivity index (χ1) is 7.16. The Morgan fingerprint density at radius 2 is 2.07 bits per heavy atom. The Hall–Kier alpha value is -1.35. The molecule has 0 saturated carbocycles. The number of aliphatic hydroxyl groups excluding tert-OH is 1. The van der Waals surface area contributed by atoms with E-state index in [0.717, 1.165) is 5.56 Å². The summed E-state index contributed by atoms with van der Waals surface area (Å²) < 4.78 is 0. The predicted molar refractivity (Wildman–Crippen MR) is 57.7 cm³/mol. The van der Waals surface area contributed by atoms with Crippen LogP contribution in [-0.2, 0) is 0 Å². The van der Waals surface area contributed by atoms with Gasteiger partial charge in [-0.2, -0.15) is 0 Å². The molecule has 1 N–H and O–H groups in total. The molecule has 0 aromatic heterocycles. The van der Waals surface area contributed by atoms with Crippen molar-refractivity contribution in [2.75, 3.05) is 13.1 Å². The third kappa shape index (κ3) is 2.18. The lowest BCUT2D eigenvalue weighted by Gasteiger charge is -2.15. The van der Waals surface area contributed by atoms with Crippen molar-refractivity contribution in [2.45, 2.75) is 19.4 Å². The minimum atomic E-state index is -0.348. The highest BCUT2D eigenvalue weighted by Crippen LogP contribution is 2.13. The predicted octanol–water partition coefficient (Wildman–Crippen LogP) is 1.20. The Morgan fingerprint density at radius 1 is 1.40 bits per heavy atom. The van der Waals surface area contributed by atoms with Gasteiger partial charge in [-0.05, 0) is 25.5 Å². The van der Waals surface area contributed by atoms with E-state index in [4.69, 9.17) is 0 Å². The fourth-order valence-electron chi connectivity index (χ4n) is 1.80. The number of hydrogen-bond acceptors (Lipinski definition) is 2. The number of hydrogen-bond donors (Lipinski definition) is 1. The summed E-state index contributed by atoms with van der Waals surface area (Å²) in [5.41, 5.74) is 1.85. The van der Waals surface area contributed by atoms with Crippen LogP contribution in [0.2, 0.25) is 0 Å². The standard InChI is InChI=1S/C12H15NO2/c1-9-2-4-10(5-3-9)12(15)13-7-6-11(14)8-13/h2-5,11,14H,6-8H2,1H3/t11-/m0/s1. The van der Waals surface area contributed by atoms with Gasteiger partial charge in [-0.1, -0.05) is 17.7 Å². The van der Waals surface area contributed by atoms with E-state index >= 15 is 0 Å². The zero-order valence-electron chi connectivity index (χ0n) is 8.81. The Morgan fingerprint density at radius 3 is 2.60 bits per heavy atom. The quantitative estimate of drug-likeness (QED) is 0.748. The molecule has 0 spiro atoms. The van der Waals surface area contributed by atoms with E-state index in [9.17, 15) is 9.90 Å². The van der Waals surface area contributed by atoms with E-state index in [2.05, 4.69) is 0 Å². The van der Waals surface area contributed by atoms with E-state index in [1.807, 2.05) is 31.2 Å². The maximum atomic E-state index is 11.9. The van der Waals surface area contributed by atoms with Gasteiger partial charge in [-0.25, -0.2) is 0 Å². The second-order valence-electron chi connectivity index (χ2n) is 4.06. The molecule has 0 bridgehead atoms. The number of aryl methyl sites for hydroxylation is 1. The average Bonchev–Trinajstić information content (AvgIpc) is 2.65. The molecule has 1 aliphatic rings. The monoisotopic (exact) mass is 205 g/mol. The molecular weight excluding hydrogens is 190 g/mol. The van der Waals surface area contributed by atoms with Crippen LogP contribution in [0.1, 0.15) is 22.3 Å². The lowest BCUT2D eigenvalue weighted by Crippen LogP contribution is -2.29. The van der Waals surface area contributed by atoms with E-state index in [0.29, 0.717) is 25.1 Å². The van der Waals surface area contributed by atoms with Crippen LogP contribution in [0.15, 0.2) is 24.3 Å². The van der Waals surface area contributed by atoms with Gasteiger partial charge in [0.15, 0.2) is 0 Å². The number of rotatable bonds is 1. The van der Waals surface area contributed by atoms with Gasteiger partial charge in [0.25, 0.3) is 5.91 Å². The summed E-state index contributed by atoms with van der Waals surface area (Å²) in [5.74, 6) is 0.0200. The lowest BCUT2D eigenvalue weighted by molar-refractivity contribution is 0.0765. The molecule has 1 amide bonds. The largest absolute Gasteiger partial charge is 0.391 e. The number of benzene rings is 1. The Balaban J connectivity index is 2.11. The van der Waals surface area contributed by atoms with Crippen LogP contribution in [0, 0.1) is 6.92 Å². The number of amides is 1. The van der Waals surface area contributed by atoms with Crippen molar-refractivity contribution in [3.05, 3.63) is 35.4 Å². The maximum Gasteiger partial charge on any atom is 0.253 e. The van der Waals surface area contributed by atoms with Crippen molar-refractivity contribution in [3.63, 3.8) is 0 Å². The number of nitrogens with zero attached hydrogens (tertiary/aromatic N) is 1. The molecule has 1 aliphatic heterocycles. The van der Waals surface area contributed by atoms with Crippen LogP contribution < -0.4 is 0 Å². The van der Waals surface area contributed by atoms with Crippen LogP contribution in [0.4, 0.5) is 0 Å². The Bertz CT molecular complexity index is 358. The molecule has 3 heteroatoms. The molecule has 1 saturated heterocycles. The molecule has 3 nitrogen and oxygen atoms in total. The van der Waals surface area contributed by atoms with E-state index in [1.165, 1.54) is 0 Å². The molecule has 1 heterocycles. The number of likely N-dealkylation sites (tertiary alicyclic amines) is 1. The smallest absolute Gasteiger partial charge is 0.253 e. The minimum absolute atomic E-state index is 0.0200. The SMILES string of the molecule is Cc1ccc(C(=O)N2CC[C@H](O)C2)cc1. The number of carbonyl (C=O) groups is 1. The van der Waals surface area contributed by atoms with Crippen molar-refractivity contribution in [2.24, 2.45) is 0 Å². The summed E-state index contributed by atoms with van der Waals surface area (Å²) in [7, 11) is 0. The first-order valence-electron chi connectivity index (χ1n) is 5.21. The van der Waals surface area contributed by atoms with E-state index < -0.39 is 0 Å². The molecule has 2 rings (SSSR count). The van der Waals surface area contributed by atoms with Gasteiger partial charge in [0.2, 0.25) is 0 Å². The number of β-amino-alcohol motifs (C(OH)–C–C–N with tert-alkyl or cyclic N) is 1. The summed E-state index contributed by atoms with van der Waals surface area (Å²) >= 11 is 0. The first kappa shape index (κ1) is 10.2. The molecule has 0 unspecified atom stereocenters. The van der Waals surface area contributed by atoms with Gasteiger partial charge in [-0.3, -0.25) is 4.79 Å². The van der Waals surface area contributed by atoms with Crippen molar-refractivity contribution in [1.82, 2.24) is 4.90 Å². The summed E-state index contributed by atoms with van der Waals surface area (Å²) in [4.78, 5) is 13.6. The third-order valence-corrected chi connectivity index (χ3v) is 2.75. The molecule has 80 valence electrons. The van der Waals surface area contributed by atoms with E-state index in [-0.39, 0.29) is 12.0 Å². The van der Waals surface area contributed by atoms with Crippen LogP contribution >= 0.6 is 0 Å². The minimum Gasteiger partial charge on any atom is -0.391 e. The first-order valence-corrected chi connectivity index (χ1v) is 5.21. The topological polar surface area (TPSA) is 40.5 Å². The van der Waals surface area contributed by atoms with Gasteiger partial charge in [-0.15, -0.1) is 0 Å². The van der Waals surface area contributed by atoms with Crippen molar-refractivity contribution in [1.29, 1.82) is 0 Å². The fourth-order valence-corrected chi connectivity index (χ4v) is 1.80. The number of carbonyl (C=O) groups excluding carboxylic acids is 1. The number of aliphatic hydroxyl groups is 1. The van der Waals surface area contributed by atoms with Gasteiger partial charge in [0, 0.05) is 18.7 Å². The molecular formula is C12H15NO2. The molecule has 1 aromatic carbocycles. The van der Waals surface area contributed by atoms with Crippen LogP contribution in [0.3, 0.4) is 0 Å². The zero-order chi connectivity index (χ0) is 10.8. The zero-order valence-corrected chi connectivity index (χ0v) is 8.81. The van der Waals surface area contributed by atoms with Gasteiger partial charge < -0.3 is 10.0 Å². The molecule has 1 fully saturated rings. The highest BCUT2D eigenvalue weighted by Gasteiger charge is 2.24. The average molecular weight is 205 g/mol. The summed E-state index contributed by atoms with van der Waals surface area (Å²) in [6.45, 7) is 3.12. The fraction of sp³-hybridized carbons (Fsp3) is 0.417. The summed E-state index contributed by atoms with van der Waals surface area (Å²) in [5, 5.41) is 9.35. The van der Waals surface area contributed by atoms with Crippen molar-refractivity contribution < 1.29 is 9.90 Å². The Labute approximate surface area is 89.3 Å². The van der Waals surface area contributed by atoms with Crippen LogP contribution in [-0.4, -0.2) is 35.1 Å². The molecule has 1 aromatic rings. The van der Waals surface area contributed by atoms with Crippen molar-refractivity contribution >= 4 is 5.91 Å². The molecule has 1 atom stereocenters. The van der Waals surface area contributed by atoms with E-state index in [1.54, 1.807) is 4.90 Å². The van der Waals surface area contributed by atoms with Gasteiger partial charge in [0.1, 0.15) is 0 Å². The highest BCUT2D eigenvalue weighted by molar-refractivity contribution is 5.94. The normalized spacial score (nSPS) is 20.7. The van der Waals surface area contributed by atoms with Gasteiger partial charge in [0.05, 0.1) is 6.10 Å². The highest BCUT2D eigenvalue weighted by atomic mass is 16.3. The lowest BCUT2D eigenvalue weighted by atomic mass is 10.1. The van der Waals surface area contributed by atoms with Crippen LogP contribution in [0.5, 0.6) is 0 Å². The summed E-state index contributed by atoms with van der Waals surface area (Å²) in [6, 6.07) is 7.53. The molecule has 0 radical (unpaired) electrons.